The van der Waals surface area contributed by atoms with Crippen LogP contribution in [0, 0.1) is 0 Å². The van der Waals surface area contributed by atoms with E-state index in [-0.39, 0.29) is 11.7 Å². The molecule has 16 heavy (non-hydrogen) atoms. The molecule has 86 valence electrons. The van der Waals surface area contributed by atoms with Crippen LogP contribution in [0.3, 0.4) is 0 Å². The van der Waals surface area contributed by atoms with Crippen molar-refractivity contribution in [3.05, 3.63) is 35.4 Å². The first-order valence-electron chi connectivity index (χ1n) is 5.92. The molecule has 0 bridgehead atoms. The second kappa shape index (κ2) is 4.77. The first-order chi connectivity index (χ1) is 7.68. The van der Waals surface area contributed by atoms with Gasteiger partial charge in [-0.1, -0.05) is 24.3 Å². The van der Waals surface area contributed by atoms with E-state index in [1.165, 1.54) is 0 Å². The summed E-state index contributed by atoms with van der Waals surface area (Å²) in [5.41, 5.74) is 1.80. The van der Waals surface area contributed by atoms with Crippen molar-refractivity contribution in [1.29, 1.82) is 0 Å². The zero-order chi connectivity index (χ0) is 11.5. The van der Waals surface area contributed by atoms with Crippen LogP contribution in [0.5, 0.6) is 0 Å². The molecule has 2 unspecified atom stereocenters. The van der Waals surface area contributed by atoms with Gasteiger partial charge in [0, 0.05) is 5.56 Å². The van der Waals surface area contributed by atoms with Crippen molar-refractivity contribution in [2.24, 2.45) is 0 Å². The maximum Gasteiger partial charge on any atom is 0.160 e. The number of ketones is 1. The summed E-state index contributed by atoms with van der Waals surface area (Å²) in [5, 5.41) is 0. The van der Waals surface area contributed by atoms with E-state index in [2.05, 4.69) is 0 Å². The van der Waals surface area contributed by atoms with E-state index in [1.54, 1.807) is 6.92 Å². The number of rotatable bonds is 2. The lowest BCUT2D eigenvalue weighted by molar-refractivity contribution is 0.101. The lowest BCUT2D eigenvalue weighted by Gasteiger charge is -2.26. The van der Waals surface area contributed by atoms with Gasteiger partial charge in [0.05, 0.1) is 0 Å². The van der Waals surface area contributed by atoms with Gasteiger partial charge < -0.3 is 0 Å². The van der Waals surface area contributed by atoms with E-state index in [0.717, 1.165) is 24.0 Å². The fourth-order valence-electron chi connectivity index (χ4n) is 2.59. The molecule has 1 fully saturated rings. The second-order valence-corrected chi connectivity index (χ2v) is 4.60. The summed E-state index contributed by atoms with van der Waals surface area (Å²) in [5.74, 6) is 0.306. The van der Waals surface area contributed by atoms with Crippen molar-refractivity contribution in [3.63, 3.8) is 0 Å². The van der Waals surface area contributed by atoms with Crippen LogP contribution >= 0.6 is 0 Å². The van der Waals surface area contributed by atoms with Gasteiger partial charge >= 0.3 is 0 Å². The Bertz CT molecular complexity index is 386. The Morgan fingerprint density at radius 2 is 2.06 bits per heavy atom. The summed E-state index contributed by atoms with van der Waals surface area (Å²) in [7, 11) is 0. The number of carbonyl (C=O) groups excluding carboxylic acids is 1. The van der Waals surface area contributed by atoms with Gasteiger partial charge in [-0.2, -0.15) is 0 Å². The molecule has 0 N–H and O–H groups in total. The van der Waals surface area contributed by atoms with Crippen LogP contribution in [0.25, 0.3) is 0 Å². The Kier molecular flexibility index (Phi) is 3.37. The van der Waals surface area contributed by atoms with Gasteiger partial charge in [-0.25, -0.2) is 4.39 Å². The van der Waals surface area contributed by atoms with Crippen molar-refractivity contribution in [2.45, 2.75) is 44.7 Å². The van der Waals surface area contributed by atoms with E-state index in [4.69, 9.17) is 0 Å². The molecule has 0 aromatic heterocycles. The lowest BCUT2D eigenvalue weighted by Crippen LogP contribution is -2.16. The van der Waals surface area contributed by atoms with Crippen molar-refractivity contribution in [2.75, 3.05) is 0 Å². The minimum Gasteiger partial charge on any atom is -0.295 e. The highest BCUT2D eigenvalue weighted by Crippen LogP contribution is 2.35. The predicted octanol–water partition coefficient (Wildman–Crippen LogP) is 3.88. The molecule has 1 saturated carbocycles. The molecule has 0 amide bonds. The van der Waals surface area contributed by atoms with E-state index in [1.807, 2.05) is 24.3 Å². The molecule has 0 aliphatic heterocycles. The lowest BCUT2D eigenvalue weighted by atomic mass is 9.81. The van der Waals surface area contributed by atoms with Crippen LogP contribution in [-0.4, -0.2) is 12.0 Å². The summed E-state index contributed by atoms with van der Waals surface area (Å²) in [6.07, 6.45) is 2.49. The topological polar surface area (TPSA) is 17.1 Å². The minimum absolute atomic E-state index is 0.0802. The molecular weight excluding hydrogens is 203 g/mol. The quantitative estimate of drug-likeness (QED) is 0.691. The summed E-state index contributed by atoms with van der Waals surface area (Å²) >= 11 is 0. The third-order valence-corrected chi connectivity index (χ3v) is 3.39. The van der Waals surface area contributed by atoms with Gasteiger partial charge in [-0.05, 0) is 44.1 Å². The minimum atomic E-state index is -0.696. The van der Waals surface area contributed by atoms with Crippen LogP contribution in [-0.2, 0) is 0 Å². The standard InChI is InChI=1S/C14H17FO/c1-10(16)13-7-2-3-8-14(13)11-5-4-6-12(15)9-11/h2-3,7-8,11-12H,4-6,9H2,1H3. The number of Topliss-reactive ketones (excluding diaryl/α,β-unsaturated/α-hetero) is 1. The number of carbonyl (C=O) groups is 1. The number of benzene rings is 1. The van der Waals surface area contributed by atoms with Gasteiger partial charge in [0.1, 0.15) is 6.17 Å². The molecule has 1 aliphatic rings. The maximum atomic E-state index is 13.4. The molecule has 0 spiro atoms. The number of alkyl halides is 1. The van der Waals surface area contributed by atoms with Gasteiger partial charge in [-0.15, -0.1) is 0 Å². The fraction of sp³-hybridized carbons (Fsp3) is 0.500. The maximum absolute atomic E-state index is 13.4. The number of hydrogen-bond donors (Lipinski definition) is 0. The van der Waals surface area contributed by atoms with Crippen molar-refractivity contribution in [3.8, 4) is 0 Å². The molecular formula is C14H17FO. The number of hydrogen-bond acceptors (Lipinski definition) is 1. The first-order valence-corrected chi connectivity index (χ1v) is 5.92. The Morgan fingerprint density at radius 3 is 2.75 bits per heavy atom. The predicted molar refractivity (Wildman–Crippen MR) is 62.6 cm³/mol. The Balaban J connectivity index is 2.28. The molecule has 2 atom stereocenters. The monoisotopic (exact) mass is 220 g/mol. The summed E-state index contributed by atoms with van der Waals surface area (Å²) in [6, 6.07) is 7.62. The largest absolute Gasteiger partial charge is 0.295 e. The molecule has 0 saturated heterocycles. The smallest absolute Gasteiger partial charge is 0.160 e. The average Bonchev–Trinajstić information content (AvgIpc) is 2.29. The highest BCUT2D eigenvalue weighted by Gasteiger charge is 2.25. The van der Waals surface area contributed by atoms with E-state index in [0.29, 0.717) is 12.8 Å². The van der Waals surface area contributed by atoms with Crippen molar-refractivity contribution in [1.82, 2.24) is 0 Å². The molecule has 2 heteroatoms. The van der Waals surface area contributed by atoms with Crippen molar-refractivity contribution >= 4 is 5.78 Å². The van der Waals surface area contributed by atoms with Gasteiger partial charge in [-0.3, -0.25) is 4.79 Å². The highest BCUT2D eigenvalue weighted by molar-refractivity contribution is 5.95. The van der Waals surface area contributed by atoms with E-state index in [9.17, 15) is 9.18 Å². The van der Waals surface area contributed by atoms with Crippen molar-refractivity contribution < 1.29 is 9.18 Å². The Labute approximate surface area is 95.7 Å². The van der Waals surface area contributed by atoms with Gasteiger partial charge in [0.25, 0.3) is 0 Å². The molecule has 1 aromatic rings. The second-order valence-electron chi connectivity index (χ2n) is 4.60. The molecule has 2 rings (SSSR count). The van der Waals surface area contributed by atoms with Crippen LogP contribution in [0.15, 0.2) is 24.3 Å². The van der Waals surface area contributed by atoms with Gasteiger partial charge in [0.2, 0.25) is 0 Å². The molecule has 1 nitrogen and oxygen atoms in total. The Hall–Kier alpha value is -1.18. The van der Waals surface area contributed by atoms with Crippen LogP contribution in [0.1, 0.15) is 54.4 Å². The van der Waals surface area contributed by atoms with E-state index < -0.39 is 6.17 Å². The fourth-order valence-corrected chi connectivity index (χ4v) is 2.59. The number of halogens is 1. The zero-order valence-corrected chi connectivity index (χ0v) is 9.58. The summed E-state index contributed by atoms with van der Waals surface area (Å²) in [4.78, 5) is 11.5. The van der Waals surface area contributed by atoms with Crippen LogP contribution in [0.4, 0.5) is 4.39 Å². The third kappa shape index (κ3) is 2.31. The highest BCUT2D eigenvalue weighted by atomic mass is 19.1. The first kappa shape index (κ1) is 11.3. The van der Waals surface area contributed by atoms with Crippen LogP contribution < -0.4 is 0 Å². The molecule has 0 radical (unpaired) electrons. The third-order valence-electron chi connectivity index (χ3n) is 3.39. The molecule has 0 heterocycles. The zero-order valence-electron chi connectivity index (χ0n) is 9.58. The SMILES string of the molecule is CC(=O)c1ccccc1C1CCCC(F)C1. The molecule has 1 aromatic carbocycles. The van der Waals surface area contributed by atoms with Crippen LogP contribution in [0.2, 0.25) is 0 Å². The Morgan fingerprint density at radius 1 is 1.31 bits per heavy atom. The summed E-state index contributed by atoms with van der Waals surface area (Å²) in [6.45, 7) is 1.58. The summed E-state index contributed by atoms with van der Waals surface area (Å²) < 4.78 is 13.4. The average molecular weight is 220 g/mol. The molecule has 1 aliphatic carbocycles. The van der Waals surface area contributed by atoms with E-state index >= 15 is 0 Å². The van der Waals surface area contributed by atoms with Gasteiger partial charge in [0.15, 0.2) is 5.78 Å². The normalized spacial score (nSPS) is 25.4.